The van der Waals surface area contributed by atoms with E-state index in [9.17, 15) is 20.2 Å². The van der Waals surface area contributed by atoms with E-state index < -0.39 is 21.2 Å². The average molecular weight is 461 g/mol. The maximum absolute atomic E-state index is 11.2. The second-order valence-electron chi connectivity index (χ2n) is 6.13. The van der Waals surface area contributed by atoms with Gasteiger partial charge in [-0.05, 0) is 48.0 Å². The molecule has 0 aromatic heterocycles. The number of nitro benzene ring substituents is 2. The quantitative estimate of drug-likeness (QED) is 0.260. The van der Waals surface area contributed by atoms with Gasteiger partial charge in [0.2, 0.25) is 5.75 Å². The summed E-state index contributed by atoms with van der Waals surface area (Å²) in [6.45, 7) is 0.347. The molecule has 3 rings (SSSR count). The number of hydrazone groups is 1. The van der Waals surface area contributed by atoms with Gasteiger partial charge in [0.05, 0.1) is 28.7 Å². The molecule has 0 atom stereocenters. The molecule has 3 aromatic rings. The highest BCUT2D eigenvalue weighted by atomic mass is 35.5. The zero-order valence-electron chi connectivity index (χ0n) is 15.7. The first kappa shape index (κ1) is 22.0. The van der Waals surface area contributed by atoms with Crippen LogP contribution >= 0.6 is 23.2 Å². The summed E-state index contributed by atoms with van der Waals surface area (Å²) in [5.41, 5.74) is 3.44. The highest BCUT2D eigenvalue weighted by Crippen LogP contribution is 2.34. The Bertz CT molecular complexity index is 1130. The largest absolute Gasteiger partial charge is 0.450 e. The first-order valence-corrected chi connectivity index (χ1v) is 9.50. The number of hydrogen-bond acceptors (Lipinski definition) is 7. The van der Waals surface area contributed by atoms with Gasteiger partial charge in [-0.3, -0.25) is 20.2 Å². The molecule has 0 spiro atoms. The molecular weight excluding hydrogens is 447 g/mol. The van der Waals surface area contributed by atoms with E-state index in [0.29, 0.717) is 22.3 Å². The highest BCUT2D eigenvalue weighted by Gasteiger charge is 2.21. The molecule has 0 aliphatic carbocycles. The van der Waals surface area contributed by atoms with Crippen LogP contribution in [-0.4, -0.2) is 16.1 Å². The van der Waals surface area contributed by atoms with E-state index in [1.54, 1.807) is 48.7 Å². The Morgan fingerprint density at radius 3 is 2.26 bits per heavy atom. The van der Waals surface area contributed by atoms with Gasteiger partial charge in [-0.2, -0.15) is 5.10 Å². The third-order valence-corrected chi connectivity index (χ3v) is 4.79. The number of ether oxygens (including phenoxy) is 1. The summed E-state index contributed by atoms with van der Waals surface area (Å²) in [6.07, 6.45) is 1.57. The van der Waals surface area contributed by atoms with Crippen LogP contribution in [0.4, 0.5) is 11.4 Å². The maximum Gasteiger partial charge on any atom is 0.318 e. The molecule has 0 bridgehead atoms. The summed E-state index contributed by atoms with van der Waals surface area (Å²) in [5.74, 6) is 0.222. The van der Waals surface area contributed by atoms with E-state index in [2.05, 4.69) is 10.5 Å². The molecular formula is C20H14Cl2N4O5. The van der Waals surface area contributed by atoms with E-state index in [4.69, 9.17) is 27.9 Å². The summed E-state index contributed by atoms with van der Waals surface area (Å²) >= 11 is 12.2. The fourth-order valence-electron chi connectivity index (χ4n) is 2.54. The van der Waals surface area contributed by atoms with Gasteiger partial charge < -0.3 is 10.2 Å². The summed E-state index contributed by atoms with van der Waals surface area (Å²) in [6, 6.07) is 15.0. The van der Waals surface area contributed by atoms with Crippen LogP contribution in [0.3, 0.4) is 0 Å². The maximum atomic E-state index is 11.2. The predicted molar refractivity (Wildman–Crippen MR) is 117 cm³/mol. The topological polar surface area (TPSA) is 120 Å². The minimum atomic E-state index is -0.736. The second kappa shape index (κ2) is 9.88. The zero-order valence-corrected chi connectivity index (χ0v) is 17.2. The first-order chi connectivity index (χ1) is 14.8. The van der Waals surface area contributed by atoms with Crippen molar-refractivity contribution in [1.82, 2.24) is 5.43 Å². The summed E-state index contributed by atoms with van der Waals surface area (Å²) < 4.78 is 5.52. The van der Waals surface area contributed by atoms with Crippen molar-refractivity contribution >= 4 is 40.8 Å². The monoisotopic (exact) mass is 460 g/mol. The number of nitrogens with zero attached hydrogens (tertiary/aromatic N) is 3. The summed E-state index contributed by atoms with van der Waals surface area (Å²) in [5, 5.41) is 27.2. The van der Waals surface area contributed by atoms with Crippen LogP contribution in [0.2, 0.25) is 10.0 Å². The Kier molecular flexibility index (Phi) is 7.01. The van der Waals surface area contributed by atoms with Crippen molar-refractivity contribution in [3.63, 3.8) is 0 Å². The number of halogens is 2. The van der Waals surface area contributed by atoms with Gasteiger partial charge in [-0.25, -0.2) is 0 Å². The van der Waals surface area contributed by atoms with Gasteiger partial charge in [0, 0.05) is 21.7 Å². The average Bonchev–Trinajstić information content (AvgIpc) is 2.74. The molecule has 9 nitrogen and oxygen atoms in total. The number of hydrogen-bond donors (Lipinski definition) is 1. The lowest BCUT2D eigenvalue weighted by Gasteiger charge is -2.07. The van der Waals surface area contributed by atoms with Gasteiger partial charge in [-0.1, -0.05) is 29.3 Å². The molecule has 1 N–H and O–H groups in total. The number of rotatable bonds is 8. The lowest BCUT2D eigenvalue weighted by molar-refractivity contribution is -0.394. The second-order valence-corrected chi connectivity index (χ2v) is 6.95. The van der Waals surface area contributed by atoms with Gasteiger partial charge in [0.15, 0.2) is 0 Å². The molecule has 0 saturated carbocycles. The van der Waals surface area contributed by atoms with Crippen LogP contribution in [-0.2, 0) is 6.54 Å². The van der Waals surface area contributed by atoms with Gasteiger partial charge in [0.25, 0.3) is 5.69 Å². The van der Waals surface area contributed by atoms with Gasteiger partial charge >= 0.3 is 5.69 Å². The molecule has 3 aromatic carbocycles. The van der Waals surface area contributed by atoms with Crippen molar-refractivity contribution in [2.75, 3.05) is 0 Å². The van der Waals surface area contributed by atoms with E-state index in [0.717, 1.165) is 23.3 Å². The Hall–Kier alpha value is -3.69. The standard InChI is InChI=1S/C20H14Cl2N4O5/c21-17-2-1-3-18(22)16(17)12-24-23-11-13-4-7-15(8-5-13)31-20-9-6-14(25(27)28)10-19(20)26(29)30/h1-11,24H,12H2/b23-11+. The molecule has 0 saturated heterocycles. The van der Waals surface area contributed by atoms with Crippen LogP contribution in [0.25, 0.3) is 0 Å². The van der Waals surface area contributed by atoms with Gasteiger partial charge in [0.1, 0.15) is 5.75 Å². The molecule has 0 aliphatic heterocycles. The normalized spacial score (nSPS) is 10.8. The minimum Gasteiger partial charge on any atom is -0.450 e. The zero-order chi connectivity index (χ0) is 22.4. The predicted octanol–water partition coefficient (Wildman–Crippen LogP) is 5.73. The van der Waals surface area contributed by atoms with Crippen LogP contribution in [0.1, 0.15) is 11.1 Å². The molecule has 0 heterocycles. The van der Waals surface area contributed by atoms with Crippen LogP contribution in [0, 0.1) is 20.2 Å². The molecule has 0 unspecified atom stereocenters. The smallest absolute Gasteiger partial charge is 0.318 e. The third-order valence-electron chi connectivity index (χ3n) is 4.08. The Labute approximate surface area is 186 Å². The van der Waals surface area contributed by atoms with Crippen LogP contribution in [0.5, 0.6) is 11.5 Å². The molecule has 0 fully saturated rings. The number of benzene rings is 3. The summed E-state index contributed by atoms with van der Waals surface area (Å²) in [4.78, 5) is 20.6. The third kappa shape index (κ3) is 5.68. The fourth-order valence-corrected chi connectivity index (χ4v) is 3.07. The molecule has 0 aliphatic rings. The molecule has 11 heteroatoms. The van der Waals surface area contributed by atoms with Crippen molar-refractivity contribution in [2.45, 2.75) is 6.54 Å². The molecule has 0 amide bonds. The van der Waals surface area contributed by atoms with Crippen molar-refractivity contribution in [2.24, 2.45) is 5.10 Å². The van der Waals surface area contributed by atoms with Crippen LogP contribution in [0.15, 0.2) is 65.8 Å². The van der Waals surface area contributed by atoms with E-state index in [1.807, 2.05) is 0 Å². The fraction of sp³-hybridized carbons (Fsp3) is 0.0500. The van der Waals surface area contributed by atoms with Crippen molar-refractivity contribution < 1.29 is 14.6 Å². The lowest BCUT2D eigenvalue weighted by Crippen LogP contribution is -2.06. The minimum absolute atomic E-state index is 0.102. The van der Waals surface area contributed by atoms with E-state index >= 15 is 0 Å². The highest BCUT2D eigenvalue weighted by molar-refractivity contribution is 6.35. The number of nitro groups is 2. The van der Waals surface area contributed by atoms with Crippen LogP contribution < -0.4 is 10.2 Å². The molecule has 158 valence electrons. The van der Waals surface area contributed by atoms with Crippen molar-refractivity contribution in [3.8, 4) is 11.5 Å². The van der Waals surface area contributed by atoms with Crippen molar-refractivity contribution in [1.29, 1.82) is 0 Å². The molecule has 31 heavy (non-hydrogen) atoms. The van der Waals surface area contributed by atoms with E-state index in [1.165, 1.54) is 6.07 Å². The first-order valence-electron chi connectivity index (χ1n) is 8.74. The lowest BCUT2D eigenvalue weighted by atomic mass is 10.2. The number of nitrogens with one attached hydrogen (secondary N) is 1. The van der Waals surface area contributed by atoms with E-state index in [-0.39, 0.29) is 5.75 Å². The summed E-state index contributed by atoms with van der Waals surface area (Å²) in [7, 11) is 0. The Morgan fingerprint density at radius 1 is 0.968 bits per heavy atom. The van der Waals surface area contributed by atoms with Crippen molar-refractivity contribution in [3.05, 3.63) is 102 Å². The Balaban J connectivity index is 1.65. The molecule has 0 radical (unpaired) electrons. The SMILES string of the molecule is O=[N+]([O-])c1ccc(Oc2ccc(/C=N/NCc3c(Cl)cccc3Cl)cc2)c([N+](=O)[O-])c1. The number of non-ortho nitro benzene ring substituents is 1. The Morgan fingerprint density at radius 2 is 1.65 bits per heavy atom. The van der Waals surface area contributed by atoms with Gasteiger partial charge in [-0.15, -0.1) is 0 Å².